The Morgan fingerprint density at radius 1 is 1.10 bits per heavy atom. The van der Waals surface area contributed by atoms with Gasteiger partial charge in [0.15, 0.2) is 5.79 Å². The second-order valence-corrected chi connectivity index (χ2v) is 5.07. The first kappa shape index (κ1) is 38.1. The maximum absolute atomic E-state index is 11.2. The van der Waals surface area contributed by atoms with E-state index in [1.54, 1.807) is 13.2 Å². The standard InChI is InChI=1S/C13H20O5.5CO.W/c1-13(2)16-8-11(18-13)9(6-7-15-3)10-4-5-12(14)17-10;5*1-2;/h4-5,9-11H,6-8H2,1-3H3;;;;;;/t9-,10+,11+;;;;;;/m0....../s1. The van der Waals surface area contributed by atoms with Crippen LogP contribution in [0.15, 0.2) is 12.2 Å². The molecule has 2 heterocycles. The van der Waals surface area contributed by atoms with E-state index in [0.29, 0.717) is 13.2 Å². The molecule has 0 unspecified atom stereocenters. The van der Waals surface area contributed by atoms with Gasteiger partial charge >= 0.3 is 62.5 Å². The average molecular weight is 580 g/mol. The Hall–Kier alpha value is -1.52. The number of ether oxygens (including phenoxy) is 4. The molecule has 3 atom stereocenters. The predicted octanol–water partition coefficient (Wildman–Crippen LogP) is 1.08. The quantitative estimate of drug-likeness (QED) is 0.271. The van der Waals surface area contributed by atoms with Gasteiger partial charge in [-0.3, -0.25) is 0 Å². The molecule has 11 heteroatoms. The third-order valence-corrected chi connectivity index (χ3v) is 3.26. The number of cyclic esters (lactones) is 1. The summed E-state index contributed by atoms with van der Waals surface area (Å²) in [5.41, 5.74) is 0. The minimum atomic E-state index is -0.567. The van der Waals surface area contributed by atoms with Crippen molar-refractivity contribution in [2.45, 2.75) is 38.3 Å². The number of carbonyl (C=O) groups excluding carboxylic acids is 1. The largest absolute Gasteiger partial charge is 0 e. The van der Waals surface area contributed by atoms with Crippen LogP contribution in [0.1, 0.15) is 20.3 Å². The maximum Gasteiger partial charge on any atom is 0 e. The minimum Gasteiger partial charge on any atom is 0 e. The SMILES string of the molecule is COCC[C@@H]([C@H]1C=CC(=O)O1)[C@H]1COC(C)(C)O1.[C-]#[O+].[C-]#[O+].[C-]#[O+].[C-]#[O+].[C-]#[O+].[W]. The van der Waals surface area contributed by atoms with Crippen molar-refractivity contribution in [3.8, 4) is 0 Å². The first-order valence-corrected chi connectivity index (χ1v) is 7.23. The van der Waals surface area contributed by atoms with Crippen molar-refractivity contribution in [1.82, 2.24) is 0 Å². The van der Waals surface area contributed by atoms with Crippen molar-refractivity contribution < 1.29 is 68.1 Å². The molecule has 0 bridgehead atoms. The van der Waals surface area contributed by atoms with Crippen molar-refractivity contribution >= 4 is 5.97 Å². The Labute approximate surface area is 184 Å². The number of rotatable bonds is 5. The summed E-state index contributed by atoms with van der Waals surface area (Å²) in [6, 6.07) is 0. The Balaban J connectivity index is -0.000000153. The molecule has 2 rings (SSSR count). The second-order valence-electron chi connectivity index (χ2n) is 5.07. The molecule has 2 aliphatic heterocycles. The Kier molecular flexibility index (Phi) is 34.8. The fourth-order valence-electron chi connectivity index (χ4n) is 2.36. The van der Waals surface area contributed by atoms with Gasteiger partial charge in [-0.1, -0.05) is 0 Å². The maximum atomic E-state index is 11.2. The van der Waals surface area contributed by atoms with Crippen LogP contribution in [0.5, 0.6) is 0 Å². The van der Waals surface area contributed by atoms with Gasteiger partial charge in [-0.2, -0.15) is 0 Å². The molecule has 10 nitrogen and oxygen atoms in total. The van der Waals surface area contributed by atoms with Crippen LogP contribution in [0, 0.1) is 39.2 Å². The molecule has 1 fully saturated rings. The van der Waals surface area contributed by atoms with E-state index >= 15 is 0 Å². The van der Waals surface area contributed by atoms with E-state index in [2.05, 4.69) is 33.3 Å². The van der Waals surface area contributed by atoms with Gasteiger partial charge in [0.2, 0.25) is 0 Å². The number of hydrogen-bond acceptors (Lipinski definition) is 5. The monoisotopic (exact) mass is 580 g/mol. The molecule has 0 aromatic rings. The van der Waals surface area contributed by atoms with E-state index in [1.165, 1.54) is 6.08 Å². The van der Waals surface area contributed by atoms with E-state index in [1.807, 2.05) is 13.8 Å². The van der Waals surface area contributed by atoms with Crippen LogP contribution in [0.25, 0.3) is 0 Å². The van der Waals surface area contributed by atoms with Gasteiger partial charge in [-0.25, -0.2) is 4.79 Å². The third kappa shape index (κ3) is 17.1. The molecule has 1 saturated heterocycles. The number of esters is 1. The van der Waals surface area contributed by atoms with E-state index < -0.39 is 5.79 Å². The van der Waals surface area contributed by atoms with Crippen molar-refractivity contribution in [3.63, 3.8) is 0 Å². The molecule has 0 aromatic heterocycles. The Morgan fingerprint density at radius 2 is 1.59 bits per heavy atom. The van der Waals surface area contributed by atoms with Gasteiger partial charge in [-0.15, -0.1) is 0 Å². The van der Waals surface area contributed by atoms with E-state index in [-0.39, 0.29) is 45.2 Å². The fraction of sp³-hybridized carbons (Fsp3) is 0.556. The van der Waals surface area contributed by atoms with Crippen molar-refractivity contribution in [2.24, 2.45) is 5.92 Å². The van der Waals surface area contributed by atoms with Crippen LogP contribution in [0.3, 0.4) is 0 Å². The summed E-state index contributed by atoms with van der Waals surface area (Å²) in [6.45, 7) is 27.4. The van der Waals surface area contributed by atoms with Crippen molar-refractivity contribution in [2.75, 3.05) is 20.3 Å². The Bertz CT molecular complexity index is 498. The molecule has 29 heavy (non-hydrogen) atoms. The van der Waals surface area contributed by atoms with Gasteiger partial charge in [0, 0.05) is 46.8 Å². The topological polar surface area (TPSA) is 153 Å². The van der Waals surface area contributed by atoms with E-state index in [0.717, 1.165) is 6.42 Å². The van der Waals surface area contributed by atoms with Gasteiger partial charge < -0.3 is 18.9 Å². The molecule has 0 aromatic carbocycles. The summed E-state index contributed by atoms with van der Waals surface area (Å²) in [6.07, 6.45) is 3.71. The summed E-state index contributed by atoms with van der Waals surface area (Å²) < 4.78 is 59.3. The molecular formula is C18H20O10W. The summed E-state index contributed by atoms with van der Waals surface area (Å²) in [5, 5.41) is 0. The van der Waals surface area contributed by atoms with Crippen LogP contribution in [-0.4, -0.2) is 44.3 Å². The first-order chi connectivity index (χ1) is 13.5. The minimum absolute atomic E-state index is 0. The molecule has 2 aliphatic rings. The predicted molar refractivity (Wildman–Crippen MR) is 83.6 cm³/mol. The molecule has 0 spiro atoms. The smallest absolute Gasteiger partial charge is 0 e. The summed E-state index contributed by atoms with van der Waals surface area (Å²) >= 11 is 0. The van der Waals surface area contributed by atoms with Crippen LogP contribution < -0.4 is 0 Å². The molecule has 0 radical (unpaired) electrons. The van der Waals surface area contributed by atoms with Gasteiger partial charge in [-0.05, 0) is 26.3 Å². The zero-order valence-corrected chi connectivity index (χ0v) is 18.9. The molecule has 0 aliphatic carbocycles. The van der Waals surface area contributed by atoms with Crippen LogP contribution in [-0.2, 0) is 68.1 Å². The average Bonchev–Trinajstić information content (AvgIpc) is 3.35. The number of carbonyl (C=O) groups is 1. The zero-order chi connectivity index (χ0) is 23.2. The number of methoxy groups -OCH3 is 1. The molecule has 0 amide bonds. The number of hydrogen-bond donors (Lipinski definition) is 0. The first-order valence-electron chi connectivity index (χ1n) is 7.23. The van der Waals surface area contributed by atoms with Crippen LogP contribution >= 0.6 is 0 Å². The molecular weight excluding hydrogens is 560 g/mol. The van der Waals surface area contributed by atoms with Gasteiger partial charge in [0.25, 0.3) is 0 Å². The molecule has 0 N–H and O–H groups in total. The fourth-order valence-corrected chi connectivity index (χ4v) is 2.36. The summed E-state index contributed by atoms with van der Waals surface area (Å²) in [7, 11) is 1.66. The van der Waals surface area contributed by atoms with Gasteiger partial charge in [0.05, 0.1) is 12.7 Å². The molecule has 158 valence electrons. The van der Waals surface area contributed by atoms with Crippen molar-refractivity contribution in [1.29, 1.82) is 0 Å². The zero-order valence-electron chi connectivity index (χ0n) is 16.0. The van der Waals surface area contributed by atoms with Crippen molar-refractivity contribution in [3.05, 3.63) is 45.4 Å². The van der Waals surface area contributed by atoms with Crippen LogP contribution in [0.2, 0.25) is 0 Å². The second kappa shape index (κ2) is 26.5. The van der Waals surface area contributed by atoms with Gasteiger partial charge in [0.1, 0.15) is 6.10 Å². The third-order valence-electron chi connectivity index (χ3n) is 3.26. The van der Waals surface area contributed by atoms with E-state index in [4.69, 9.17) is 42.2 Å². The van der Waals surface area contributed by atoms with Crippen LogP contribution in [0.4, 0.5) is 0 Å². The van der Waals surface area contributed by atoms with E-state index in [9.17, 15) is 4.79 Å². The summed E-state index contributed by atoms with van der Waals surface area (Å²) in [4.78, 5) is 11.2. The summed E-state index contributed by atoms with van der Waals surface area (Å²) in [5.74, 6) is -0.794. The Morgan fingerprint density at radius 3 is 1.90 bits per heavy atom. The molecule has 0 saturated carbocycles. The normalized spacial score (nSPS) is 20.0.